The quantitative estimate of drug-likeness (QED) is 0.711. The van der Waals surface area contributed by atoms with Crippen molar-refractivity contribution in [3.63, 3.8) is 0 Å². The van der Waals surface area contributed by atoms with Crippen LogP contribution in [0, 0.1) is 5.92 Å². The van der Waals surface area contributed by atoms with Crippen molar-refractivity contribution in [2.75, 3.05) is 6.61 Å². The summed E-state index contributed by atoms with van der Waals surface area (Å²) in [6.45, 7) is 4.55. The van der Waals surface area contributed by atoms with E-state index in [0.29, 0.717) is 6.61 Å². The summed E-state index contributed by atoms with van der Waals surface area (Å²) in [7, 11) is 0. The molecule has 1 rings (SSSR count). The van der Waals surface area contributed by atoms with Gasteiger partial charge in [-0.25, -0.2) is 0 Å². The van der Waals surface area contributed by atoms with Crippen LogP contribution in [0.1, 0.15) is 65.2 Å². The molecule has 0 aliphatic heterocycles. The van der Waals surface area contributed by atoms with Crippen molar-refractivity contribution in [1.82, 2.24) is 0 Å². The maximum Gasteiger partial charge on any atom is 0.0428 e. The fraction of sp³-hybridized carbons (Fsp3) is 1.00. The van der Waals surface area contributed by atoms with Crippen LogP contribution < -0.4 is 0 Å². The summed E-state index contributed by atoms with van der Waals surface area (Å²) in [6.07, 6.45) is 11.3. The van der Waals surface area contributed by atoms with E-state index in [-0.39, 0.29) is 0 Å². The second-order valence-corrected chi connectivity index (χ2v) is 4.02. The molecule has 1 saturated carbocycles. The Morgan fingerprint density at radius 2 is 1.54 bits per heavy atom. The van der Waals surface area contributed by atoms with Gasteiger partial charge < -0.3 is 5.11 Å². The molecule has 0 aromatic rings. The molecule has 0 atom stereocenters. The first kappa shape index (κ1) is 13.0. The molecular formula is C12H26O. The van der Waals surface area contributed by atoms with Crippen molar-refractivity contribution in [3.05, 3.63) is 0 Å². The summed E-state index contributed by atoms with van der Waals surface area (Å²) in [5, 5.41) is 7.88. The highest BCUT2D eigenvalue weighted by Crippen LogP contribution is 2.26. The van der Waals surface area contributed by atoms with Crippen LogP contribution in [0.15, 0.2) is 0 Å². The van der Waals surface area contributed by atoms with E-state index in [1.807, 2.05) is 6.92 Å². The molecule has 0 spiro atoms. The Kier molecular flexibility index (Phi) is 10.0. The molecule has 1 aliphatic carbocycles. The summed E-state index contributed by atoms with van der Waals surface area (Å²) in [5.74, 6) is 1.10. The first-order chi connectivity index (χ1) is 6.35. The van der Waals surface area contributed by atoms with Crippen LogP contribution >= 0.6 is 0 Å². The van der Waals surface area contributed by atoms with Crippen LogP contribution in [0.3, 0.4) is 0 Å². The van der Waals surface area contributed by atoms with Crippen LogP contribution in [0.4, 0.5) is 0 Å². The average molecular weight is 186 g/mol. The Morgan fingerprint density at radius 1 is 1.00 bits per heavy atom. The van der Waals surface area contributed by atoms with Crippen LogP contribution in [0.25, 0.3) is 0 Å². The predicted octanol–water partition coefficient (Wildman–Crippen LogP) is 3.76. The van der Waals surface area contributed by atoms with Gasteiger partial charge in [0.2, 0.25) is 0 Å². The van der Waals surface area contributed by atoms with Gasteiger partial charge in [-0.05, 0) is 12.3 Å². The molecule has 1 nitrogen and oxygen atoms in total. The first-order valence-corrected chi connectivity index (χ1v) is 5.96. The molecular weight excluding hydrogens is 160 g/mol. The van der Waals surface area contributed by atoms with Gasteiger partial charge >= 0.3 is 0 Å². The first-order valence-electron chi connectivity index (χ1n) is 5.96. The van der Waals surface area contributed by atoms with Gasteiger partial charge in [0.25, 0.3) is 0 Å². The van der Waals surface area contributed by atoms with Crippen molar-refractivity contribution >= 4 is 0 Å². The lowest BCUT2D eigenvalue weighted by molar-refractivity contribution is 0.295. The van der Waals surface area contributed by atoms with Crippen molar-refractivity contribution in [2.45, 2.75) is 65.2 Å². The maximum atomic E-state index is 7.88. The number of rotatable bonds is 3. The summed E-state index contributed by atoms with van der Waals surface area (Å²) in [6, 6.07) is 0. The Labute approximate surface area is 83.5 Å². The molecule has 0 heterocycles. The maximum absolute atomic E-state index is 7.88. The Morgan fingerprint density at radius 3 is 1.92 bits per heavy atom. The van der Waals surface area contributed by atoms with E-state index >= 15 is 0 Å². The minimum Gasteiger partial charge on any atom is -0.396 e. The van der Waals surface area contributed by atoms with Gasteiger partial charge in [0, 0.05) is 6.61 Å². The lowest BCUT2D eigenvalue weighted by atomic mass is 9.86. The number of aliphatic hydroxyl groups is 1. The third-order valence-corrected chi connectivity index (χ3v) is 2.65. The van der Waals surface area contributed by atoms with Crippen LogP contribution in [-0.2, 0) is 0 Å². The van der Waals surface area contributed by atoms with E-state index in [1.165, 1.54) is 44.9 Å². The topological polar surface area (TPSA) is 20.2 Å². The SMILES string of the molecule is CCCC1CCCCC1.CCCO. The molecule has 0 amide bonds. The molecule has 0 saturated heterocycles. The van der Waals surface area contributed by atoms with E-state index in [2.05, 4.69) is 6.92 Å². The van der Waals surface area contributed by atoms with E-state index in [1.54, 1.807) is 0 Å². The van der Waals surface area contributed by atoms with E-state index in [4.69, 9.17) is 5.11 Å². The van der Waals surface area contributed by atoms with Gasteiger partial charge in [-0.3, -0.25) is 0 Å². The summed E-state index contributed by atoms with van der Waals surface area (Å²) in [4.78, 5) is 0. The zero-order valence-electron chi connectivity index (χ0n) is 9.39. The Bertz CT molecular complexity index is 80.4. The fourth-order valence-corrected chi connectivity index (χ4v) is 1.88. The van der Waals surface area contributed by atoms with E-state index < -0.39 is 0 Å². The monoisotopic (exact) mass is 186 g/mol. The van der Waals surface area contributed by atoms with Gasteiger partial charge in [-0.2, -0.15) is 0 Å². The lowest BCUT2D eigenvalue weighted by Gasteiger charge is -2.20. The summed E-state index contributed by atoms with van der Waals surface area (Å²) in [5.41, 5.74) is 0. The molecule has 1 heteroatoms. The third-order valence-electron chi connectivity index (χ3n) is 2.65. The van der Waals surface area contributed by atoms with E-state index in [9.17, 15) is 0 Å². The van der Waals surface area contributed by atoms with Crippen molar-refractivity contribution < 1.29 is 5.11 Å². The highest BCUT2D eigenvalue weighted by Gasteiger charge is 2.10. The zero-order chi connectivity index (χ0) is 9.94. The molecule has 0 aromatic heterocycles. The van der Waals surface area contributed by atoms with E-state index in [0.717, 1.165) is 12.3 Å². The van der Waals surface area contributed by atoms with Crippen LogP contribution in [0.5, 0.6) is 0 Å². The van der Waals surface area contributed by atoms with Gasteiger partial charge in [0.1, 0.15) is 0 Å². The standard InChI is InChI=1S/C9H18.C3H8O/c1-2-6-9-7-4-3-5-8-9;1-2-3-4/h9H,2-8H2,1H3;4H,2-3H2,1H3. The van der Waals surface area contributed by atoms with Crippen LogP contribution in [0.2, 0.25) is 0 Å². The molecule has 0 radical (unpaired) electrons. The van der Waals surface area contributed by atoms with Gasteiger partial charge in [0.15, 0.2) is 0 Å². The second kappa shape index (κ2) is 10.0. The van der Waals surface area contributed by atoms with Crippen molar-refractivity contribution in [2.24, 2.45) is 5.92 Å². The van der Waals surface area contributed by atoms with Crippen molar-refractivity contribution in [1.29, 1.82) is 0 Å². The van der Waals surface area contributed by atoms with Crippen molar-refractivity contribution in [3.8, 4) is 0 Å². The molecule has 0 bridgehead atoms. The molecule has 0 aromatic carbocycles. The smallest absolute Gasteiger partial charge is 0.0428 e. The minimum absolute atomic E-state index is 0.319. The zero-order valence-corrected chi connectivity index (χ0v) is 9.39. The second-order valence-electron chi connectivity index (χ2n) is 4.02. The normalized spacial score (nSPS) is 17.8. The lowest BCUT2D eigenvalue weighted by Crippen LogP contribution is -2.04. The highest BCUT2D eigenvalue weighted by atomic mass is 16.2. The van der Waals surface area contributed by atoms with Crippen LogP contribution in [-0.4, -0.2) is 11.7 Å². The number of hydrogen-bond donors (Lipinski definition) is 1. The number of hydrogen-bond acceptors (Lipinski definition) is 1. The van der Waals surface area contributed by atoms with Gasteiger partial charge in [0.05, 0.1) is 0 Å². The van der Waals surface area contributed by atoms with Gasteiger partial charge in [-0.15, -0.1) is 0 Å². The molecule has 80 valence electrons. The molecule has 0 unspecified atom stereocenters. The Hall–Kier alpha value is -0.0400. The number of aliphatic hydroxyl groups excluding tert-OH is 1. The minimum atomic E-state index is 0.319. The molecule has 1 fully saturated rings. The van der Waals surface area contributed by atoms with Gasteiger partial charge in [-0.1, -0.05) is 58.8 Å². The average Bonchev–Trinajstić information content (AvgIpc) is 2.20. The summed E-state index contributed by atoms with van der Waals surface area (Å²) >= 11 is 0. The molecule has 13 heavy (non-hydrogen) atoms. The predicted molar refractivity (Wildman–Crippen MR) is 58.9 cm³/mol. The molecule has 1 aliphatic rings. The third kappa shape index (κ3) is 8.29. The summed E-state index contributed by atoms with van der Waals surface area (Å²) < 4.78 is 0. The highest BCUT2D eigenvalue weighted by molar-refractivity contribution is 4.64. The largest absolute Gasteiger partial charge is 0.396 e. The molecule has 1 N–H and O–H groups in total. The fourth-order valence-electron chi connectivity index (χ4n) is 1.88. The Balaban J connectivity index is 0.000000310.